The fourth-order valence-corrected chi connectivity index (χ4v) is 9.28. The number of hydrogen-bond donors (Lipinski definition) is 0. The van der Waals surface area contributed by atoms with E-state index in [2.05, 4.69) is 141 Å². The number of nitrogens with zero attached hydrogens (tertiary/aromatic N) is 7. The van der Waals surface area contributed by atoms with Crippen molar-refractivity contribution in [1.29, 1.82) is 0 Å². The van der Waals surface area contributed by atoms with Crippen LogP contribution < -0.4 is 14.0 Å². The Bertz CT molecular complexity index is 3780. The van der Waals surface area contributed by atoms with Crippen LogP contribution in [0.2, 0.25) is 0 Å². The Morgan fingerprint density at radius 2 is 0.919 bits per heavy atom. The molecule has 9 nitrogen and oxygen atoms in total. The van der Waals surface area contributed by atoms with Crippen molar-refractivity contribution >= 4 is 43.6 Å². The summed E-state index contributed by atoms with van der Waals surface area (Å²) in [5.41, 5.74) is 11.5. The van der Waals surface area contributed by atoms with Crippen molar-refractivity contribution in [3.8, 4) is 62.8 Å². The first-order valence-corrected chi connectivity index (χ1v) is 24.0. The van der Waals surface area contributed by atoms with Crippen molar-refractivity contribution in [2.24, 2.45) is 0 Å². The van der Waals surface area contributed by atoms with Crippen LogP contribution in [0.5, 0.6) is 23.0 Å². The normalized spacial score (nSPS) is 11.7. The molecule has 0 aliphatic rings. The van der Waals surface area contributed by atoms with Crippen molar-refractivity contribution in [2.75, 3.05) is 0 Å². The van der Waals surface area contributed by atoms with Gasteiger partial charge < -0.3 is 28.6 Å². The minimum Gasteiger partial charge on any atom is -0.503 e. The summed E-state index contributed by atoms with van der Waals surface area (Å²) >= 11 is 0. The summed E-state index contributed by atoms with van der Waals surface area (Å²) in [7, 11) is 0. The van der Waals surface area contributed by atoms with E-state index in [1.54, 1.807) is 12.4 Å². The fourth-order valence-electron chi connectivity index (χ4n) is 9.28. The van der Waals surface area contributed by atoms with Gasteiger partial charge >= 0.3 is 42.1 Å². The van der Waals surface area contributed by atoms with E-state index < -0.39 is 0 Å². The molecule has 0 unspecified atom stereocenters. The number of aromatic nitrogens is 7. The smallest absolute Gasteiger partial charge is 0.503 e. The molecule has 11 heteroatoms. The van der Waals surface area contributed by atoms with E-state index in [0.29, 0.717) is 40.0 Å². The van der Waals surface area contributed by atoms with Crippen LogP contribution >= 0.6 is 0 Å². The molecule has 0 atom stereocenters. The van der Waals surface area contributed by atoms with E-state index in [-0.39, 0.29) is 53.0 Å². The molecule has 0 aliphatic heterocycles. The van der Waals surface area contributed by atoms with Gasteiger partial charge in [-0.3, -0.25) is 0 Å². The molecule has 6 aromatic carbocycles. The summed E-state index contributed by atoms with van der Waals surface area (Å²) < 4.78 is 19.2. The van der Waals surface area contributed by atoms with Gasteiger partial charge in [-0.15, -0.1) is 71.8 Å². The summed E-state index contributed by atoms with van der Waals surface area (Å²) in [5, 5.41) is 4.34. The molecule has 6 heterocycles. The number of rotatable bonds is 9. The molecule has 0 spiro atoms. The van der Waals surface area contributed by atoms with Gasteiger partial charge in [0.15, 0.2) is 12.4 Å². The van der Waals surface area contributed by atoms with Crippen LogP contribution in [0.25, 0.3) is 83.4 Å². The van der Waals surface area contributed by atoms with E-state index in [1.165, 1.54) is 32.9 Å². The van der Waals surface area contributed by atoms with Gasteiger partial charge in [0, 0.05) is 58.3 Å². The van der Waals surface area contributed by atoms with Crippen LogP contribution in [0.1, 0.15) is 52.7 Å². The maximum Gasteiger partial charge on any atom is 2.00 e. The number of hydrogen-bond acceptors (Lipinski definition) is 6. The van der Waals surface area contributed by atoms with Gasteiger partial charge in [-0.05, 0) is 69.7 Å². The molecule has 0 aliphatic carbocycles. The minimum absolute atomic E-state index is 0. The van der Waals surface area contributed by atoms with Gasteiger partial charge in [-0.2, -0.15) is 27.5 Å². The molecule has 12 rings (SSSR count). The maximum absolute atomic E-state index is 6.44. The van der Waals surface area contributed by atoms with E-state index in [4.69, 9.17) is 19.4 Å². The van der Waals surface area contributed by atoms with Crippen LogP contribution in [0.15, 0.2) is 183 Å². The topological polar surface area (TPSA) is 83.8 Å². The molecule has 0 amide bonds. The van der Waals surface area contributed by atoms with Crippen LogP contribution in [0.4, 0.5) is 0 Å². The Balaban J connectivity index is 0.00000313. The predicted molar refractivity (Wildman–Crippen MR) is 284 cm³/mol. The molecule has 74 heavy (non-hydrogen) atoms. The van der Waals surface area contributed by atoms with E-state index in [0.717, 1.165) is 44.7 Å². The molecule has 0 fully saturated rings. The summed E-state index contributed by atoms with van der Waals surface area (Å²) in [4.78, 5) is 19.0. The Morgan fingerprint density at radius 3 is 1.36 bits per heavy atom. The molecule has 0 saturated heterocycles. The van der Waals surface area contributed by atoms with Crippen LogP contribution in [0.3, 0.4) is 0 Å². The van der Waals surface area contributed by atoms with Gasteiger partial charge in [0.05, 0.1) is 16.7 Å². The number of benzene rings is 6. The molecule has 6 aromatic heterocycles. The molecule has 366 valence electrons. The Labute approximate surface area is 459 Å². The minimum atomic E-state index is 0. The zero-order valence-electron chi connectivity index (χ0n) is 41.4. The van der Waals surface area contributed by atoms with Gasteiger partial charge in [0.1, 0.15) is 12.4 Å². The average molecular weight is 1330 g/mol. The monoisotopic (exact) mass is 1320 g/mol. The second kappa shape index (κ2) is 20.0. The summed E-state index contributed by atoms with van der Waals surface area (Å²) in [5.74, 6) is 2.50. The van der Waals surface area contributed by atoms with E-state index >= 15 is 0 Å². The second-order valence-electron chi connectivity index (χ2n) is 20.0. The third-order valence-corrected chi connectivity index (χ3v) is 13.1. The van der Waals surface area contributed by atoms with E-state index in [9.17, 15) is 0 Å². The zero-order chi connectivity index (χ0) is 49.1. The summed E-state index contributed by atoms with van der Waals surface area (Å²) in [6.45, 7) is 13.6. The Hall–Kier alpha value is -7.57. The van der Waals surface area contributed by atoms with Gasteiger partial charge in [-0.1, -0.05) is 101 Å². The van der Waals surface area contributed by atoms with Gasteiger partial charge in [-0.25, -0.2) is 9.97 Å². The third-order valence-electron chi connectivity index (χ3n) is 13.1. The van der Waals surface area contributed by atoms with Crippen molar-refractivity contribution < 1.29 is 56.2 Å². The molecule has 0 saturated carbocycles. The summed E-state index contributed by atoms with van der Waals surface area (Å²) in [6.07, 6.45) is 11.3. The second-order valence-corrected chi connectivity index (χ2v) is 20.0. The SMILES string of the molecule is CC(C)(C)c1ccc2c(c1)c1cc(C(C)(C)C)ccc1n2-c1cc[n+](-c2cnc(-n3c4[c-]c(Oc5[c-]c(-c6ccccn6)ccc5)ccc4c4ccc(Oc5[c-]c(-c6ccccn6)ccc5)[c-]c43)nc2)cc1.[Pt+2].[Pt+2]. The Morgan fingerprint density at radius 1 is 0.446 bits per heavy atom. The molecular weight excluding hydrogens is 1280 g/mol. The molecule has 12 aromatic rings. The van der Waals surface area contributed by atoms with Crippen molar-refractivity contribution in [2.45, 2.75) is 52.4 Å². The van der Waals surface area contributed by atoms with Crippen LogP contribution in [-0.2, 0) is 53.0 Å². The molecule has 0 N–H and O–H groups in total. The predicted octanol–water partition coefficient (Wildman–Crippen LogP) is 14.4. The van der Waals surface area contributed by atoms with Gasteiger partial charge in [0.25, 0.3) is 0 Å². The molecule has 0 radical (unpaired) electrons. The van der Waals surface area contributed by atoms with E-state index in [1.807, 2.05) is 119 Å². The number of ether oxygens (including phenoxy) is 2. The van der Waals surface area contributed by atoms with Crippen LogP contribution in [0, 0.1) is 24.3 Å². The van der Waals surface area contributed by atoms with Crippen molar-refractivity contribution in [3.63, 3.8) is 0 Å². The average Bonchev–Trinajstić information content (AvgIpc) is 3.90. The number of fused-ring (bicyclic) bond motifs is 6. The number of pyridine rings is 3. The zero-order valence-corrected chi connectivity index (χ0v) is 45.9. The quantitative estimate of drug-likeness (QED) is 0.106. The molecule has 0 bridgehead atoms. The van der Waals surface area contributed by atoms with Crippen LogP contribution in [-0.4, -0.2) is 29.1 Å². The maximum atomic E-state index is 6.44. The standard InChI is InChI=1S/C63H48N7O2.2Pt/c1-62(2,3)43-19-25-57-53(35-43)54-36-44(63(4,5)6)20-26-58(54)69(57)45-27-31-68(32-28-45)46-39-66-61(67-40-46)70-59-37-49(71-47-15-11-13-41(33-47)55-17-7-9-29-64-55)21-23-51(59)52-24-22-50(38-60(52)70)72-48-16-12-14-42(34-48)56-18-8-10-30-65-56;;/h7-32,35-36,39-40H,1-6H3;;/q-3;2*+2. The first kappa shape index (κ1) is 50.0. The Kier molecular flexibility index (Phi) is 13.5. The third kappa shape index (κ3) is 9.59. The fraction of sp³-hybridized carbons (Fsp3) is 0.127. The van der Waals surface area contributed by atoms with Gasteiger partial charge in [0.2, 0.25) is 11.6 Å². The van der Waals surface area contributed by atoms with Crippen molar-refractivity contribution in [3.05, 3.63) is 218 Å². The largest absolute Gasteiger partial charge is 2.00 e. The first-order chi connectivity index (χ1) is 34.9. The molecular formula is C63H48N7O2Pt2+. The van der Waals surface area contributed by atoms with Crippen molar-refractivity contribution in [1.82, 2.24) is 29.1 Å². The first-order valence-electron chi connectivity index (χ1n) is 24.0. The summed E-state index contributed by atoms with van der Waals surface area (Å²) in [6, 6.07) is 62.9.